The van der Waals surface area contributed by atoms with E-state index in [1.807, 2.05) is 6.07 Å². The smallest absolute Gasteiger partial charge is 0.345 e. The number of carbonyl (C=O) groups is 2. The Morgan fingerprint density at radius 2 is 1.80 bits per heavy atom. The van der Waals surface area contributed by atoms with Crippen molar-refractivity contribution in [2.24, 2.45) is 0 Å². The van der Waals surface area contributed by atoms with Gasteiger partial charge in [-0.1, -0.05) is 18.2 Å². The number of nitrogen functional groups attached to an aromatic ring is 1. The lowest BCUT2D eigenvalue weighted by Crippen LogP contribution is -2.13. The summed E-state index contributed by atoms with van der Waals surface area (Å²) in [6.07, 6.45) is 0. The minimum absolute atomic E-state index is 0.208. The zero-order valence-corrected chi connectivity index (χ0v) is 10.9. The summed E-state index contributed by atoms with van der Waals surface area (Å²) in [5, 5.41) is 2.59. The number of carbonyl (C=O) groups excluding carboxylic acids is 2. The first-order valence-corrected chi connectivity index (χ1v) is 6.00. The van der Waals surface area contributed by atoms with Crippen LogP contribution < -0.4 is 15.8 Å². The van der Waals surface area contributed by atoms with Crippen LogP contribution in [0.3, 0.4) is 0 Å². The molecule has 0 atom stereocenters. The van der Waals surface area contributed by atoms with E-state index >= 15 is 0 Å². The van der Waals surface area contributed by atoms with Gasteiger partial charge in [0.25, 0.3) is 0 Å². The van der Waals surface area contributed by atoms with Crippen LogP contribution in [-0.2, 0) is 4.79 Å². The number of nitrogens with two attached hydrogens (primary N) is 1. The highest BCUT2D eigenvalue weighted by atomic mass is 16.5. The zero-order valence-electron chi connectivity index (χ0n) is 10.9. The maximum Gasteiger partial charge on any atom is 0.345 e. The van der Waals surface area contributed by atoms with E-state index in [0.717, 1.165) is 0 Å². The molecule has 0 bridgehead atoms. The first kappa shape index (κ1) is 13.6. The Kier molecular flexibility index (Phi) is 4.00. The molecule has 2 rings (SSSR count). The Hall–Kier alpha value is -2.82. The van der Waals surface area contributed by atoms with Crippen molar-refractivity contribution in [3.8, 4) is 5.75 Å². The molecule has 0 spiro atoms. The molecule has 5 heteroatoms. The Labute approximate surface area is 116 Å². The number of benzene rings is 2. The third-order valence-electron chi connectivity index (χ3n) is 2.55. The molecule has 1 amide bonds. The molecule has 2 aromatic rings. The number of nitrogens with one attached hydrogen (secondary N) is 1. The molecular formula is C15H14N2O3. The van der Waals surface area contributed by atoms with Gasteiger partial charge < -0.3 is 15.8 Å². The van der Waals surface area contributed by atoms with Crippen LogP contribution in [0.5, 0.6) is 5.75 Å². The molecule has 0 aliphatic heterocycles. The van der Waals surface area contributed by atoms with Crippen molar-refractivity contribution < 1.29 is 14.3 Å². The van der Waals surface area contributed by atoms with E-state index in [1.165, 1.54) is 13.0 Å². The molecule has 3 N–H and O–H groups in total. The molecule has 0 radical (unpaired) electrons. The molecule has 0 fully saturated rings. The van der Waals surface area contributed by atoms with E-state index in [1.54, 1.807) is 36.4 Å². The average Bonchev–Trinajstić information content (AvgIpc) is 2.41. The number of rotatable bonds is 3. The first-order chi connectivity index (χ1) is 9.56. The quantitative estimate of drug-likeness (QED) is 0.510. The Bertz CT molecular complexity index is 639. The van der Waals surface area contributed by atoms with Crippen LogP contribution in [0.25, 0.3) is 0 Å². The van der Waals surface area contributed by atoms with Crippen LogP contribution in [-0.4, -0.2) is 11.9 Å². The van der Waals surface area contributed by atoms with Gasteiger partial charge in [0.05, 0.1) is 5.56 Å². The van der Waals surface area contributed by atoms with E-state index in [0.29, 0.717) is 17.1 Å². The van der Waals surface area contributed by atoms with Crippen LogP contribution in [0.2, 0.25) is 0 Å². The summed E-state index contributed by atoms with van der Waals surface area (Å²) < 4.78 is 5.21. The second kappa shape index (κ2) is 5.88. The third kappa shape index (κ3) is 3.35. The Morgan fingerprint density at radius 3 is 2.45 bits per heavy atom. The van der Waals surface area contributed by atoms with Crippen LogP contribution in [0.1, 0.15) is 17.3 Å². The fraction of sp³-hybridized carbons (Fsp3) is 0.0667. The first-order valence-electron chi connectivity index (χ1n) is 6.00. The van der Waals surface area contributed by atoms with Crippen LogP contribution in [0, 0.1) is 0 Å². The van der Waals surface area contributed by atoms with E-state index < -0.39 is 5.97 Å². The number of anilines is 2. The van der Waals surface area contributed by atoms with Gasteiger partial charge in [-0.05, 0) is 30.3 Å². The third-order valence-corrected chi connectivity index (χ3v) is 2.55. The van der Waals surface area contributed by atoms with E-state index in [9.17, 15) is 9.59 Å². The van der Waals surface area contributed by atoms with Crippen LogP contribution in [0.15, 0.2) is 48.5 Å². The molecule has 0 aliphatic rings. The highest BCUT2D eigenvalue weighted by Crippen LogP contribution is 2.20. The van der Waals surface area contributed by atoms with Gasteiger partial charge in [0, 0.05) is 18.3 Å². The number of amides is 1. The molecule has 0 aromatic heterocycles. The maximum atomic E-state index is 12.1. The van der Waals surface area contributed by atoms with E-state index in [2.05, 4.69) is 5.32 Å². The van der Waals surface area contributed by atoms with Crippen LogP contribution in [0.4, 0.5) is 11.4 Å². The van der Waals surface area contributed by atoms with Gasteiger partial charge in [0.15, 0.2) is 0 Å². The van der Waals surface area contributed by atoms with E-state index in [-0.39, 0.29) is 11.5 Å². The summed E-state index contributed by atoms with van der Waals surface area (Å²) >= 11 is 0. The van der Waals surface area contributed by atoms with Crippen molar-refractivity contribution in [2.75, 3.05) is 11.1 Å². The van der Waals surface area contributed by atoms with Crippen molar-refractivity contribution in [1.82, 2.24) is 0 Å². The normalized spacial score (nSPS) is 9.85. The summed E-state index contributed by atoms with van der Waals surface area (Å²) in [6, 6.07) is 13.4. The monoisotopic (exact) mass is 270 g/mol. The molecule has 2 aromatic carbocycles. The lowest BCUT2D eigenvalue weighted by atomic mass is 10.1. The summed E-state index contributed by atoms with van der Waals surface area (Å²) in [7, 11) is 0. The molecule has 0 unspecified atom stereocenters. The molecule has 0 aliphatic carbocycles. The molecule has 102 valence electrons. The van der Waals surface area contributed by atoms with Gasteiger partial charge in [-0.3, -0.25) is 4.79 Å². The number of hydrogen-bond acceptors (Lipinski definition) is 4. The van der Waals surface area contributed by atoms with Gasteiger partial charge in [0.1, 0.15) is 5.75 Å². The number of esters is 1. The molecule has 5 nitrogen and oxygen atoms in total. The van der Waals surface area contributed by atoms with Gasteiger partial charge in [0.2, 0.25) is 5.91 Å². The molecule has 20 heavy (non-hydrogen) atoms. The summed E-state index contributed by atoms with van der Waals surface area (Å²) in [4.78, 5) is 23.1. The largest absolute Gasteiger partial charge is 0.423 e. The molecular weight excluding hydrogens is 256 g/mol. The van der Waals surface area contributed by atoms with Crippen molar-refractivity contribution >= 4 is 23.3 Å². The highest BCUT2D eigenvalue weighted by Gasteiger charge is 2.13. The SMILES string of the molecule is CC(=O)Nc1ccc(N)c(C(=O)Oc2ccccc2)c1. The molecule has 0 saturated carbocycles. The summed E-state index contributed by atoms with van der Waals surface area (Å²) in [6.45, 7) is 1.39. The number of para-hydroxylation sites is 1. The second-order valence-corrected chi connectivity index (χ2v) is 4.19. The number of ether oxygens (including phenoxy) is 1. The minimum atomic E-state index is -0.569. The van der Waals surface area contributed by atoms with Gasteiger partial charge in [-0.2, -0.15) is 0 Å². The fourth-order valence-electron chi connectivity index (χ4n) is 1.66. The van der Waals surface area contributed by atoms with Gasteiger partial charge in [-0.25, -0.2) is 4.79 Å². The topological polar surface area (TPSA) is 81.4 Å². The van der Waals surface area contributed by atoms with E-state index in [4.69, 9.17) is 10.5 Å². The zero-order chi connectivity index (χ0) is 14.5. The summed E-state index contributed by atoms with van der Waals surface area (Å²) in [5.74, 6) is -0.361. The highest BCUT2D eigenvalue weighted by molar-refractivity contribution is 5.99. The lowest BCUT2D eigenvalue weighted by molar-refractivity contribution is -0.114. The standard InChI is InChI=1S/C15H14N2O3/c1-10(18)17-11-7-8-14(16)13(9-11)15(19)20-12-5-3-2-4-6-12/h2-9H,16H2,1H3,(H,17,18). The van der Waals surface area contributed by atoms with Crippen molar-refractivity contribution in [1.29, 1.82) is 0 Å². The van der Waals surface area contributed by atoms with Crippen molar-refractivity contribution in [3.63, 3.8) is 0 Å². The average molecular weight is 270 g/mol. The minimum Gasteiger partial charge on any atom is -0.423 e. The Balaban J connectivity index is 2.22. The maximum absolute atomic E-state index is 12.1. The molecule has 0 saturated heterocycles. The fourth-order valence-corrected chi connectivity index (χ4v) is 1.66. The lowest BCUT2D eigenvalue weighted by Gasteiger charge is -2.09. The predicted octanol–water partition coefficient (Wildman–Crippen LogP) is 2.45. The van der Waals surface area contributed by atoms with Crippen molar-refractivity contribution in [3.05, 3.63) is 54.1 Å². The Morgan fingerprint density at radius 1 is 1.10 bits per heavy atom. The van der Waals surface area contributed by atoms with Gasteiger partial charge in [-0.15, -0.1) is 0 Å². The number of hydrogen-bond donors (Lipinski definition) is 2. The predicted molar refractivity (Wildman–Crippen MR) is 76.6 cm³/mol. The molecule has 0 heterocycles. The second-order valence-electron chi connectivity index (χ2n) is 4.19. The van der Waals surface area contributed by atoms with Crippen LogP contribution >= 0.6 is 0 Å². The van der Waals surface area contributed by atoms with Gasteiger partial charge >= 0.3 is 5.97 Å². The van der Waals surface area contributed by atoms with Crippen molar-refractivity contribution in [2.45, 2.75) is 6.92 Å². The summed E-state index contributed by atoms with van der Waals surface area (Å²) in [5.41, 5.74) is 6.75.